The van der Waals surface area contributed by atoms with Crippen molar-refractivity contribution in [3.05, 3.63) is 0 Å². The maximum atomic E-state index is 11.8. The van der Waals surface area contributed by atoms with E-state index in [1.807, 2.05) is 0 Å². The zero-order chi connectivity index (χ0) is 11.4. The number of amides is 1. The molecule has 0 aromatic rings. The van der Waals surface area contributed by atoms with E-state index in [1.54, 1.807) is 0 Å². The standard InChI is InChI=1S/C9H13F2NO3/c10-7(11)4-12-8(13)5-2-1-3-6(5)9(14)15/h5-7H,1-4H2,(H,12,13)(H,14,15)/t5-,6+/m1/s1. The number of carbonyl (C=O) groups excluding carboxylic acids is 1. The van der Waals surface area contributed by atoms with E-state index in [-0.39, 0.29) is 0 Å². The topological polar surface area (TPSA) is 66.4 Å². The summed E-state index contributed by atoms with van der Waals surface area (Å²) < 4.78 is 23.6. The monoisotopic (exact) mass is 221 g/mol. The largest absolute Gasteiger partial charge is 0.481 e. The third-order valence-corrected chi connectivity index (χ3v) is 2.60. The number of carboxylic acids is 1. The highest BCUT2D eigenvalue weighted by atomic mass is 19.3. The third kappa shape index (κ3) is 3.14. The van der Waals surface area contributed by atoms with Crippen molar-refractivity contribution in [2.45, 2.75) is 25.7 Å². The second-order valence-corrected chi connectivity index (χ2v) is 3.62. The summed E-state index contributed by atoms with van der Waals surface area (Å²) in [6.07, 6.45) is -1.03. The van der Waals surface area contributed by atoms with Crippen LogP contribution in [0.15, 0.2) is 0 Å². The summed E-state index contributed by atoms with van der Waals surface area (Å²) in [5, 5.41) is 10.8. The van der Waals surface area contributed by atoms with Crippen LogP contribution in [0.5, 0.6) is 0 Å². The molecule has 0 radical (unpaired) electrons. The minimum absolute atomic E-state index is 0.447. The number of hydrogen-bond acceptors (Lipinski definition) is 2. The molecule has 6 heteroatoms. The number of rotatable bonds is 4. The highest BCUT2D eigenvalue weighted by Crippen LogP contribution is 2.31. The summed E-state index contributed by atoms with van der Waals surface area (Å²) in [6, 6.07) is 0. The number of carbonyl (C=O) groups is 2. The fraction of sp³-hybridized carbons (Fsp3) is 0.778. The molecule has 86 valence electrons. The minimum atomic E-state index is -2.60. The lowest BCUT2D eigenvalue weighted by molar-refractivity contribution is -0.146. The summed E-state index contributed by atoms with van der Waals surface area (Å²) in [5.41, 5.74) is 0. The Hall–Kier alpha value is -1.20. The van der Waals surface area contributed by atoms with Gasteiger partial charge in [-0.2, -0.15) is 0 Å². The Morgan fingerprint density at radius 2 is 1.93 bits per heavy atom. The van der Waals surface area contributed by atoms with E-state index in [0.717, 1.165) is 0 Å². The van der Waals surface area contributed by atoms with Crippen molar-refractivity contribution in [3.8, 4) is 0 Å². The van der Waals surface area contributed by atoms with Crippen LogP contribution in [0.3, 0.4) is 0 Å². The van der Waals surface area contributed by atoms with Gasteiger partial charge in [0.05, 0.1) is 18.4 Å². The Morgan fingerprint density at radius 1 is 1.33 bits per heavy atom. The van der Waals surface area contributed by atoms with Crippen LogP contribution >= 0.6 is 0 Å². The Balaban J connectivity index is 2.47. The van der Waals surface area contributed by atoms with Crippen molar-refractivity contribution in [1.29, 1.82) is 0 Å². The van der Waals surface area contributed by atoms with Crippen LogP contribution in [-0.2, 0) is 9.59 Å². The van der Waals surface area contributed by atoms with Gasteiger partial charge in [0, 0.05) is 0 Å². The van der Waals surface area contributed by atoms with Crippen molar-refractivity contribution in [1.82, 2.24) is 5.32 Å². The van der Waals surface area contributed by atoms with Crippen LogP contribution in [0.25, 0.3) is 0 Å². The number of halogens is 2. The maximum absolute atomic E-state index is 11.8. The average Bonchev–Trinajstić information content (AvgIpc) is 2.62. The van der Waals surface area contributed by atoms with Gasteiger partial charge in [0.25, 0.3) is 6.43 Å². The van der Waals surface area contributed by atoms with E-state index in [4.69, 9.17) is 5.11 Å². The Morgan fingerprint density at radius 3 is 2.47 bits per heavy atom. The molecule has 0 saturated heterocycles. The minimum Gasteiger partial charge on any atom is -0.481 e. The molecule has 0 spiro atoms. The van der Waals surface area contributed by atoms with Crippen LogP contribution in [0.2, 0.25) is 0 Å². The molecule has 1 fully saturated rings. The van der Waals surface area contributed by atoms with E-state index in [9.17, 15) is 18.4 Å². The predicted octanol–water partition coefficient (Wildman–Crippen LogP) is 0.869. The first-order valence-corrected chi connectivity index (χ1v) is 4.81. The highest BCUT2D eigenvalue weighted by Gasteiger charge is 2.37. The van der Waals surface area contributed by atoms with Crippen molar-refractivity contribution in [2.75, 3.05) is 6.54 Å². The van der Waals surface area contributed by atoms with E-state index in [2.05, 4.69) is 5.32 Å². The van der Waals surface area contributed by atoms with Crippen LogP contribution in [0.1, 0.15) is 19.3 Å². The lowest BCUT2D eigenvalue weighted by atomic mass is 9.95. The number of nitrogens with one attached hydrogen (secondary N) is 1. The highest BCUT2D eigenvalue weighted by molar-refractivity contribution is 5.85. The second kappa shape index (κ2) is 5.04. The van der Waals surface area contributed by atoms with Gasteiger partial charge in [-0.25, -0.2) is 8.78 Å². The van der Waals surface area contributed by atoms with Crippen LogP contribution in [-0.4, -0.2) is 30.0 Å². The molecule has 1 amide bonds. The molecule has 2 N–H and O–H groups in total. The molecule has 4 nitrogen and oxygen atoms in total. The average molecular weight is 221 g/mol. The smallest absolute Gasteiger partial charge is 0.307 e. The molecular formula is C9H13F2NO3. The van der Waals surface area contributed by atoms with E-state index in [1.165, 1.54) is 0 Å². The van der Waals surface area contributed by atoms with Gasteiger partial charge < -0.3 is 10.4 Å². The molecule has 2 atom stereocenters. The quantitative estimate of drug-likeness (QED) is 0.740. The summed E-state index contributed by atoms with van der Waals surface area (Å²) in [5.74, 6) is -2.96. The first kappa shape index (κ1) is 11.9. The fourth-order valence-corrected chi connectivity index (χ4v) is 1.88. The zero-order valence-corrected chi connectivity index (χ0v) is 8.08. The Labute approximate surface area is 85.7 Å². The van der Waals surface area contributed by atoms with Gasteiger partial charge >= 0.3 is 5.97 Å². The predicted molar refractivity (Wildman–Crippen MR) is 47.5 cm³/mol. The molecule has 0 bridgehead atoms. The van der Waals surface area contributed by atoms with E-state index < -0.39 is 36.7 Å². The Bertz CT molecular complexity index is 258. The SMILES string of the molecule is O=C(O)[C@H]1CCC[C@H]1C(=O)NCC(F)F. The maximum Gasteiger partial charge on any atom is 0.307 e. The molecule has 0 aromatic heterocycles. The number of hydrogen-bond donors (Lipinski definition) is 2. The lowest BCUT2D eigenvalue weighted by Crippen LogP contribution is -2.37. The van der Waals surface area contributed by atoms with Gasteiger partial charge in [0.15, 0.2) is 0 Å². The van der Waals surface area contributed by atoms with Crippen LogP contribution in [0, 0.1) is 11.8 Å². The Kier molecular flexibility index (Phi) is 3.99. The molecule has 1 aliphatic carbocycles. The van der Waals surface area contributed by atoms with Crippen LogP contribution in [0.4, 0.5) is 8.78 Å². The van der Waals surface area contributed by atoms with Crippen molar-refractivity contribution >= 4 is 11.9 Å². The number of aliphatic carboxylic acids is 1. The number of alkyl halides is 2. The molecule has 1 saturated carbocycles. The first-order valence-electron chi connectivity index (χ1n) is 4.81. The molecule has 0 aromatic carbocycles. The summed E-state index contributed by atoms with van der Waals surface area (Å²) in [7, 11) is 0. The van der Waals surface area contributed by atoms with E-state index in [0.29, 0.717) is 19.3 Å². The van der Waals surface area contributed by atoms with Gasteiger partial charge in [0.2, 0.25) is 5.91 Å². The molecule has 0 aliphatic heterocycles. The molecular weight excluding hydrogens is 208 g/mol. The normalized spacial score (nSPS) is 25.5. The third-order valence-electron chi connectivity index (χ3n) is 2.60. The fourth-order valence-electron chi connectivity index (χ4n) is 1.88. The summed E-state index contributed by atoms with van der Waals surface area (Å²) in [4.78, 5) is 22.1. The molecule has 1 rings (SSSR count). The molecule has 15 heavy (non-hydrogen) atoms. The van der Waals surface area contributed by atoms with Crippen LogP contribution < -0.4 is 5.32 Å². The summed E-state index contributed by atoms with van der Waals surface area (Å²) >= 11 is 0. The van der Waals surface area contributed by atoms with Gasteiger partial charge in [-0.15, -0.1) is 0 Å². The molecule has 0 heterocycles. The van der Waals surface area contributed by atoms with Gasteiger partial charge in [0.1, 0.15) is 0 Å². The zero-order valence-electron chi connectivity index (χ0n) is 8.08. The van der Waals surface area contributed by atoms with Gasteiger partial charge in [-0.1, -0.05) is 6.42 Å². The number of carboxylic acid groups (broad SMARTS) is 1. The van der Waals surface area contributed by atoms with Crippen molar-refractivity contribution in [3.63, 3.8) is 0 Å². The van der Waals surface area contributed by atoms with E-state index >= 15 is 0 Å². The first-order chi connectivity index (χ1) is 7.02. The molecule has 0 unspecified atom stereocenters. The van der Waals surface area contributed by atoms with Gasteiger partial charge in [-0.3, -0.25) is 9.59 Å². The molecule has 1 aliphatic rings. The van der Waals surface area contributed by atoms with Crippen molar-refractivity contribution < 1.29 is 23.5 Å². The van der Waals surface area contributed by atoms with Gasteiger partial charge in [-0.05, 0) is 12.8 Å². The van der Waals surface area contributed by atoms with Crippen molar-refractivity contribution in [2.24, 2.45) is 11.8 Å². The lowest BCUT2D eigenvalue weighted by Gasteiger charge is -2.15. The summed E-state index contributed by atoms with van der Waals surface area (Å²) in [6.45, 7) is -0.707. The second-order valence-electron chi connectivity index (χ2n) is 3.62.